The summed E-state index contributed by atoms with van der Waals surface area (Å²) < 4.78 is 0. The average molecular weight is 239 g/mol. The van der Waals surface area contributed by atoms with Gasteiger partial charge in [0.1, 0.15) is 0 Å². The number of amides is 1. The fourth-order valence-electron chi connectivity index (χ4n) is 2.10. The van der Waals surface area contributed by atoms with Crippen molar-refractivity contribution in [2.75, 3.05) is 12.3 Å². The SMILES string of the molecule is CC1CCCN1C(=O)c1cc(Cl)ccc1N. The van der Waals surface area contributed by atoms with E-state index < -0.39 is 0 Å². The Hall–Kier alpha value is -1.22. The first kappa shape index (κ1) is 11.3. The van der Waals surface area contributed by atoms with Gasteiger partial charge in [-0.1, -0.05) is 11.6 Å². The van der Waals surface area contributed by atoms with E-state index in [2.05, 4.69) is 6.92 Å². The summed E-state index contributed by atoms with van der Waals surface area (Å²) in [6, 6.07) is 5.31. The molecule has 1 amide bonds. The molecule has 1 unspecified atom stereocenters. The summed E-state index contributed by atoms with van der Waals surface area (Å²) in [5, 5.41) is 0.546. The monoisotopic (exact) mass is 238 g/mol. The molecule has 1 atom stereocenters. The lowest BCUT2D eigenvalue weighted by molar-refractivity contribution is 0.0748. The van der Waals surface area contributed by atoms with E-state index in [4.69, 9.17) is 17.3 Å². The van der Waals surface area contributed by atoms with Gasteiger partial charge in [0, 0.05) is 23.3 Å². The molecule has 1 aromatic carbocycles. The summed E-state index contributed by atoms with van der Waals surface area (Å²) in [6.45, 7) is 2.87. The molecular weight excluding hydrogens is 224 g/mol. The third-order valence-corrected chi connectivity index (χ3v) is 3.29. The van der Waals surface area contributed by atoms with Crippen LogP contribution in [-0.2, 0) is 0 Å². The van der Waals surface area contributed by atoms with Gasteiger partial charge in [-0.15, -0.1) is 0 Å². The third-order valence-electron chi connectivity index (χ3n) is 3.06. The molecule has 3 nitrogen and oxygen atoms in total. The zero-order valence-electron chi connectivity index (χ0n) is 9.24. The number of hydrogen-bond donors (Lipinski definition) is 1. The second kappa shape index (κ2) is 4.34. The zero-order chi connectivity index (χ0) is 11.7. The number of nitrogens with zero attached hydrogens (tertiary/aromatic N) is 1. The van der Waals surface area contributed by atoms with Crippen LogP contribution < -0.4 is 5.73 Å². The summed E-state index contributed by atoms with van der Waals surface area (Å²) in [6.07, 6.45) is 2.12. The van der Waals surface area contributed by atoms with Gasteiger partial charge in [0.25, 0.3) is 5.91 Å². The van der Waals surface area contributed by atoms with Crippen LogP contribution in [0.4, 0.5) is 5.69 Å². The molecule has 0 saturated carbocycles. The molecule has 1 aromatic rings. The summed E-state index contributed by atoms with van der Waals surface area (Å²) in [4.78, 5) is 14.1. The predicted molar refractivity (Wildman–Crippen MR) is 65.6 cm³/mol. The van der Waals surface area contributed by atoms with Gasteiger partial charge in [-0.2, -0.15) is 0 Å². The van der Waals surface area contributed by atoms with Gasteiger partial charge < -0.3 is 10.6 Å². The summed E-state index contributed by atoms with van der Waals surface area (Å²) in [5.74, 6) is -0.00926. The van der Waals surface area contributed by atoms with Crippen molar-refractivity contribution in [2.45, 2.75) is 25.8 Å². The molecule has 2 rings (SSSR count). The Morgan fingerprint density at radius 1 is 1.56 bits per heavy atom. The number of carbonyl (C=O) groups excluding carboxylic acids is 1. The number of halogens is 1. The van der Waals surface area contributed by atoms with E-state index in [0.717, 1.165) is 19.4 Å². The van der Waals surface area contributed by atoms with Crippen LogP contribution in [0.25, 0.3) is 0 Å². The molecule has 1 saturated heterocycles. The lowest BCUT2D eigenvalue weighted by Crippen LogP contribution is -2.34. The molecular formula is C12H15ClN2O. The molecule has 1 heterocycles. The van der Waals surface area contributed by atoms with Gasteiger partial charge in [0.15, 0.2) is 0 Å². The van der Waals surface area contributed by atoms with Crippen molar-refractivity contribution in [1.29, 1.82) is 0 Å². The van der Waals surface area contributed by atoms with Crippen molar-refractivity contribution in [2.24, 2.45) is 0 Å². The Morgan fingerprint density at radius 3 is 2.94 bits per heavy atom. The zero-order valence-corrected chi connectivity index (χ0v) is 10.00. The highest BCUT2D eigenvalue weighted by atomic mass is 35.5. The summed E-state index contributed by atoms with van der Waals surface area (Å²) >= 11 is 5.88. The number of nitrogen functional groups attached to an aromatic ring is 1. The summed E-state index contributed by atoms with van der Waals surface area (Å²) in [5.41, 5.74) is 6.81. The second-order valence-electron chi connectivity index (χ2n) is 4.22. The molecule has 0 radical (unpaired) electrons. The molecule has 0 aliphatic carbocycles. The number of nitrogens with two attached hydrogens (primary N) is 1. The molecule has 0 bridgehead atoms. The molecule has 1 aliphatic rings. The highest BCUT2D eigenvalue weighted by Crippen LogP contribution is 2.24. The first-order chi connectivity index (χ1) is 7.59. The van der Waals surface area contributed by atoms with Gasteiger partial charge in [-0.3, -0.25) is 4.79 Å². The smallest absolute Gasteiger partial charge is 0.256 e. The largest absolute Gasteiger partial charge is 0.398 e. The normalized spacial score (nSPS) is 20.1. The van der Waals surface area contributed by atoms with E-state index in [1.54, 1.807) is 18.2 Å². The van der Waals surface area contributed by atoms with Crippen LogP contribution in [0.1, 0.15) is 30.1 Å². The van der Waals surface area contributed by atoms with Gasteiger partial charge in [0.05, 0.1) is 5.56 Å². The maximum Gasteiger partial charge on any atom is 0.256 e. The number of hydrogen-bond acceptors (Lipinski definition) is 2. The van der Waals surface area contributed by atoms with Crippen molar-refractivity contribution in [3.8, 4) is 0 Å². The fourth-order valence-corrected chi connectivity index (χ4v) is 2.28. The molecule has 0 spiro atoms. The fraction of sp³-hybridized carbons (Fsp3) is 0.417. The number of likely N-dealkylation sites (tertiary alicyclic amines) is 1. The van der Waals surface area contributed by atoms with E-state index in [0.29, 0.717) is 22.3 Å². The van der Waals surface area contributed by atoms with E-state index in [1.807, 2.05) is 4.90 Å². The lowest BCUT2D eigenvalue weighted by Gasteiger charge is -2.22. The number of rotatable bonds is 1. The van der Waals surface area contributed by atoms with Crippen LogP contribution in [0.3, 0.4) is 0 Å². The Balaban J connectivity index is 2.29. The molecule has 4 heteroatoms. The highest BCUT2D eigenvalue weighted by molar-refractivity contribution is 6.31. The maximum absolute atomic E-state index is 12.2. The quantitative estimate of drug-likeness (QED) is 0.765. The van der Waals surface area contributed by atoms with Crippen LogP contribution in [-0.4, -0.2) is 23.4 Å². The van der Waals surface area contributed by atoms with Crippen LogP contribution in [0.15, 0.2) is 18.2 Å². The van der Waals surface area contributed by atoms with Crippen LogP contribution >= 0.6 is 11.6 Å². The minimum atomic E-state index is -0.00926. The first-order valence-corrected chi connectivity index (χ1v) is 5.83. The van der Waals surface area contributed by atoms with Gasteiger partial charge in [-0.25, -0.2) is 0 Å². The Bertz CT molecular complexity index is 419. The molecule has 0 aromatic heterocycles. The standard InChI is InChI=1S/C12H15ClN2O/c1-8-3-2-6-15(8)12(16)10-7-9(13)4-5-11(10)14/h4-5,7-8H,2-3,6,14H2,1H3. The molecule has 2 N–H and O–H groups in total. The van der Waals surface area contributed by atoms with Crippen molar-refractivity contribution >= 4 is 23.2 Å². The minimum absolute atomic E-state index is 0.00926. The Kier molecular flexibility index (Phi) is 3.06. The van der Waals surface area contributed by atoms with Gasteiger partial charge in [-0.05, 0) is 38.0 Å². The van der Waals surface area contributed by atoms with Crippen LogP contribution in [0, 0.1) is 0 Å². The van der Waals surface area contributed by atoms with E-state index in [9.17, 15) is 4.79 Å². The third kappa shape index (κ3) is 2.00. The summed E-state index contributed by atoms with van der Waals surface area (Å²) in [7, 11) is 0. The molecule has 1 fully saturated rings. The molecule has 86 valence electrons. The topological polar surface area (TPSA) is 46.3 Å². The molecule has 1 aliphatic heterocycles. The second-order valence-corrected chi connectivity index (χ2v) is 4.66. The first-order valence-electron chi connectivity index (χ1n) is 5.45. The van der Waals surface area contributed by atoms with Crippen LogP contribution in [0.5, 0.6) is 0 Å². The van der Waals surface area contributed by atoms with Gasteiger partial charge >= 0.3 is 0 Å². The Labute approximate surface area is 100 Å². The average Bonchev–Trinajstić information content (AvgIpc) is 2.67. The number of carbonyl (C=O) groups is 1. The predicted octanol–water partition coefficient (Wildman–Crippen LogP) is 2.55. The number of benzene rings is 1. The van der Waals surface area contributed by atoms with Crippen molar-refractivity contribution in [3.05, 3.63) is 28.8 Å². The minimum Gasteiger partial charge on any atom is -0.398 e. The van der Waals surface area contributed by atoms with Crippen molar-refractivity contribution in [3.63, 3.8) is 0 Å². The molecule has 16 heavy (non-hydrogen) atoms. The maximum atomic E-state index is 12.2. The van der Waals surface area contributed by atoms with Gasteiger partial charge in [0.2, 0.25) is 0 Å². The van der Waals surface area contributed by atoms with Crippen molar-refractivity contribution < 1.29 is 4.79 Å². The van der Waals surface area contributed by atoms with E-state index in [-0.39, 0.29) is 5.91 Å². The number of anilines is 1. The highest BCUT2D eigenvalue weighted by Gasteiger charge is 2.27. The van der Waals surface area contributed by atoms with Crippen molar-refractivity contribution in [1.82, 2.24) is 4.90 Å². The van der Waals surface area contributed by atoms with E-state index >= 15 is 0 Å². The Morgan fingerprint density at radius 2 is 2.31 bits per heavy atom. The van der Waals surface area contributed by atoms with Crippen LogP contribution in [0.2, 0.25) is 5.02 Å². The van der Waals surface area contributed by atoms with E-state index in [1.165, 1.54) is 0 Å². The lowest BCUT2D eigenvalue weighted by atomic mass is 10.1.